The van der Waals surface area contributed by atoms with Crippen molar-refractivity contribution in [3.05, 3.63) is 43.1 Å². The van der Waals surface area contributed by atoms with Gasteiger partial charge in [0.1, 0.15) is 17.8 Å². The van der Waals surface area contributed by atoms with Crippen LogP contribution in [0.2, 0.25) is 0 Å². The highest BCUT2D eigenvalue weighted by atomic mass is 32.2. The zero-order chi connectivity index (χ0) is 15.6. The third-order valence-corrected chi connectivity index (χ3v) is 5.80. The highest BCUT2D eigenvalue weighted by Crippen LogP contribution is 2.37. The Hall–Kier alpha value is -2.08. The average Bonchev–Trinajstić information content (AvgIpc) is 3.02. The van der Waals surface area contributed by atoms with Crippen LogP contribution in [-0.4, -0.2) is 38.8 Å². The van der Waals surface area contributed by atoms with Crippen molar-refractivity contribution in [2.24, 2.45) is 5.92 Å². The van der Waals surface area contributed by atoms with Gasteiger partial charge in [0.05, 0.1) is 5.39 Å². The van der Waals surface area contributed by atoms with Gasteiger partial charge in [-0.15, -0.1) is 11.8 Å². The van der Waals surface area contributed by atoms with E-state index >= 15 is 0 Å². The number of thioether (sulfide) groups is 1. The van der Waals surface area contributed by atoms with Crippen LogP contribution in [-0.2, 0) is 0 Å². The molecule has 3 aromatic heterocycles. The van der Waals surface area contributed by atoms with E-state index in [9.17, 15) is 0 Å². The fourth-order valence-corrected chi connectivity index (χ4v) is 4.13. The van der Waals surface area contributed by atoms with Crippen molar-refractivity contribution in [1.29, 1.82) is 0 Å². The Morgan fingerprint density at radius 3 is 2.87 bits per heavy atom. The van der Waals surface area contributed by atoms with E-state index < -0.39 is 0 Å². The number of nitrogens with zero attached hydrogens (tertiary/aromatic N) is 4. The Bertz CT molecular complexity index is 782. The van der Waals surface area contributed by atoms with Gasteiger partial charge in [-0.05, 0) is 37.0 Å². The standard InChI is InChI=1S/C17H19N5S/c1-22(17-15-4-7-19-16(15)20-11-21-17)13-8-12(9-13)10-23-14-2-5-18-6-3-14/h2-7,11-13H,8-10H2,1H3,(H,19,20,21). The Morgan fingerprint density at radius 2 is 2.04 bits per heavy atom. The molecule has 0 spiro atoms. The largest absolute Gasteiger partial charge is 0.356 e. The Balaban J connectivity index is 1.35. The van der Waals surface area contributed by atoms with E-state index in [2.05, 4.69) is 50.1 Å². The van der Waals surface area contributed by atoms with E-state index in [1.807, 2.05) is 30.4 Å². The maximum atomic E-state index is 4.48. The number of H-pyrrole nitrogens is 1. The number of hydrogen-bond acceptors (Lipinski definition) is 5. The number of hydrogen-bond donors (Lipinski definition) is 1. The first-order valence-electron chi connectivity index (χ1n) is 7.85. The van der Waals surface area contributed by atoms with Gasteiger partial charge in [-0.3, -0.25) is 4.98 Å². The second-order valence-electron chi connectivity index (χ2n) is 6.03. The number of anilines is 1. The van der Waals surface area contributed by atoms with E-state index in [1.54, 1.807) is 6.33 Å². The molecule has 1 aliphatic rings. The second-order valence-corrected chi connectivity index (χ2v) is 7.13. The van der Waals surface area contributed by atoms with E-state index in [0.29, 0.717) is 6.04 Å². The summed E-state index contributed by atoms with van der Waals surface area (Å²) in [5.41, 5.74) is 0.908. The summed E-state index contributed by atoms with van der Waals surface area (Å²) in [6, 6.07) is 6.79. The Labute approximate surface area is 139 Å². The third kappa shape index (κ3) is 2.91. The smallest absolute Gasteiger partial charge is 0.142 e. The molecule has 0 saturated heterocycles. The van der Waals surface area contributed by atoms with Crippen LogP contribution in [0.3, 0.4) is 0 Å². The Kier molecular flexibility index (Phi) is 3.91. The van der Waals surface area contributed by atoms with Gasteiger partial charge in [-0.1, -0.05) is 0 Å². The molecule has 0 unspecified atom stereocenters. The van der Waals surface area contributed by atoms with E-state index in [1.165, 1.54) is 23.5 Å². The lowest BCUT2D eigenvalue weighted by Gasteiger charge is -2.41. The predicted octanol–water partition coefficient (Wildman–Crippen LogP) is 3.36. The predicted molar refractivity (Wildman–Crippen MR) is 93.8 cm³/mol. The topological polar surface area (TPSA) is 57.7 Å². The molecule has 0 amide bonds. The molecule has 1 aliphatic carbocycles. The van der Waals surface area contributed by atoms with Crippen LogP contribution in [0.15, 0.2) is 48.0 Å². The number of pyridine rings is 1. The molecule has 6 heteroatoms. The molecule has 4 rings (SSSR count). The summed E-state index contributed by atoms with van der Waals surface area (Å²) in [6.07, 6.45) is 9.73. The first-order valence-corrected chi connectivity index (χ1v) is 8.83. The van der Waals surface area contributed by atoms with Gasteiger partial charge in [0.25, 0.3) is 0 Å². The summed E-state index contributed by atoms with van der Waals surface area (Å²) in [4.78, 5) is 19.6. The van der Waals surface area contributed by atoms with Crippen LogP contribution >= 0.6 is 11.8 Å². The first kappa shape index (κ1) is 14.5. The molecule has 1 saturated carbocycles. The van der Waals surface area contributed by atoms with Crippen molar-refractivity contribution in [1.82, 2.24) is 19.9 Å². The van der Waals surface area contributed by atoms with Crippen molar-refractivity contribution < 1.29 is 0 Å². The molecule has 0 aromatic carbocycles. The van der Waals surface area contributed by atoms with E-state index in [4.69, 9.17) is 0 Å². The molecule has 1 fully saturated rings. The summed E-state index contributed by atoms with van der Waals surface area (Å²) in [6.45, 7) is 0. The lowest BCUT2D eigenvalue weighted by atomic mass is 9.81. The van der Waals surface area contributed by atoms with E-state index in [-0.39, 0.29) is 0 Å². The minimum atomic E-state index is 0.575. The number of rotatable bonds is 5. The molecule has 0 atom stereocenters. The quantitative estimate of drug-likeness (QED) is 0.729. The zero-order valence-corrected chi connectivity index (χ0v) is 13.8. The third-order valence-electron chi connectivity index (χ3n) is 4.56. The van der Waals surface area contributed by atoms with Gasteiger partial charge in [-0.2, -0.15) is 0 Å². The van der Waals surface area contributed by atoms with Crippen molar-refractivity contribution in [2.45, 2.75) is 23.8 Å². The summed E-state index contributed by atoms with van der Waals surface area (Å²) < 4.78 is 0. The molecular formula is C17H19N5S. The number of aromatic amines is 1. The van der Waals surface area contributed by atoms with Gasteiger partial charge in [0.15, 0.2) is 0 Å². The summed E-state index contributed by atoms with van der Waals surface area (Å²) in [7, 11) is 2.14. The normalized spacial score (nSPS) is 20.4. The lowest BCUT2D eigenvalue weighted by Crippen LogP contribution is -2.43. The molecule has 3 aromatic rings. The molecule has 0 radical (unpaired) electrons. The molecule has 1 N–H and O–H groups in total. The van der Waals surface area contributed by atoms with Crippen LogP contribution < -0.4 is 4.90 Å². The molecule has 3 heterocycles. The number of nitrogens with one attached hydrogen (secondary N) is 1. The molecule has 0 aliphatic heterocycles. The molecule has 5 nitrogen and oxygen atoms in total. The average molecular weight is 325 g/mol. The second kappa shape index (κ2) is 6.20. The van der Waals surface area contributed by atoms with Crippen molar-refractivity contribution >= 4 is 28.6 Å². The molecule has 0 bridgehead atoms. The SMILES string of the molecule is CN(c1ncnc2[nH]ccc12)C1CC(CSc2ccncc2)C1. The highest BCUT2D eigenvalue weighted by Gasteiger charge is 2.33. The van der Waals surface area contributed by atoms with Crippen LogP contribution in [0.5, 0.6) is 0 Å². The summed E-state index contributed by atoms with van der Waals surface area (Å²) in [5.74, 6) is 2.99. The number of fused-ring (bicyclic) bond motifs is 1. The van der Waals surface area contributed by atoms with Crippen LogP contribution in [0, 0.1) is 5.92 Å². The fraction of sp³-hybridized carbons (Fsp3) is 0.353. The zero-order valence-electron chi connectivity index (χ0n) is 13.0. The van der Waals surface area contributed by atoms with Crippen LogP contribution in [0.4, 0.5) is 5.82 Å². The maximum absolute atomic E-state index is 4.48. The fourth-order valence-electron chi connectivity index (χ4n) is 3.11. The van der Waals surface area contributed by atoms with Gasteiger partial charge < -0.3 is 9.88 Å². The molecular weight excluding hydrogens is 306 g/mol. The summed E-state index contributed by atoms with van der Waals surface area (Å²) in [5, 5.41) is 1.10. The Morgan fingerprint density at radius 1 is 1.22 bits per heavy atom. The monoisotopic (exact) mass is 325 g/mol. The van der Waals surface area contributed by atoms with Gasteiger partial charge in [-0.25, -0.2) is 9.97 Å². The molecule has 118 valence electrons. The van der Waals surface area contributed by atoms with Gasteiger partial charge in [0, 0.05) is 42.3 Å². The minimum Gasteiger partial charge on any atom is -0.356 e. The van der Waals surface area contributed by atoms with Crippen LogP contribution in [0.25, 0.3) is 11.0 Å². The van der Waals surface area contributed by atoms with Gasteiger partial charge in [0.2, 0.25) is 0 Å². The highest BCUT2D eigenvalue weighted by molar-refractivity contribution is 7.99. The van der Waals surface area contributed by atoms with Gasteiger partial charge >= 0.3 is 0 Å². The van der Waals surface area contributed by atoms with Crippen molar-refractivity contribution in [3.8, 4) is 0 Å². The summed E-state index contributed by atoms with van der Waals surface area (Å²) >= 11 is 1.93. The lowest BCUT2D eigenvalue weighted by molar-refractivity contribution is 0.286. The van der Waals surface area contributed by atoms with Crippen molar-refractivity contribution in [2.75, 3.05) is 17.7 Å². The molecule has 23 heavy (non-hydrogen) atoms. The van der Waals surface area contributed by atoms with Crippen LogP contribution in [0.1, 0.15) is 12.8 Å². The number of aromatic nitrogens is 4. The van der Waals surface area contributed by atoms with E-state index in [0.717, 1.165) is 22.8 Å². The minimum absolute atomic E-state index is 0.575. The maximum Gasteiger partial charge on any atom is 0.142 e. The first-order chi connectivity index (χ1) is 11.3. The van der Waals surface area contributed by atoms with Crippen molar-refractivity contribution in [3.63, 3.8) is 0 Å².